The molecule has 16 heavy (non-hydrogen) atoms. The van der Waals surface area contributed by atoms with Gasteiger partial charge >= 0.3 is 0 Å². The van der Waals surface area contributed by atoms with Gasteiger partial charge in [0.1, 0.15) is 6.67 Å². The molecule has 0 aliphatic rings. The third-order valence-electron chi connectivity index (χ3n) is 2.25. The number of benzene rings is 1. The summed E-state index contributed by atoms with van der Waals surface area (Å²) in [6.45, 7) is 0.667. The predicted molar refractivity (Wildman–Crippen MR) is 61.3 cm³/mol. The quantitative estimate of drug-likeness (QED) is 0.342. The molecule has 1 aromatic carbocycles. The van der Waals surface area contributed by atoms with Crippen molar-refractivity contribution in [2.24, 2.45) is 10.9 Å². The van der Waals surface area contributed by atoms with Crippen LogP contribution in [0.2, 0.25) is 0 Å². The first-order chi connectivity index (χ1) is 7.67. The molecule has 0 atom stereocenters. The SMILES string of the molecule is CN(CCF)Cc1cccc(/C(N)=N/O)c1. The summed E-state index contributed by atoms with van der Waals surface area (Å²) < 4.78 is 12.1. The molecule has 0 aliphatic carbocycles. The van der Waals surface area contributed by atoms with Crippen LogP contribution in [0.4, 0.5) is 4.39 Å². The maximum Gasteiger partial charge on any atom is 0.170 e. The molecular weight excluding hydrogens is 209 g/mol. The number of halogens is 1. The molecule has 1 rings (SSSR count). The smallest absolute Gasteiger partial charge is 0.170 e. The second kappa shape index (κ2) is 6.07. The van der Waals surface area contributed by atoms with Crippen LogP contribution in [0.3, 0.4) is 0 Å². The van der Waals surface area contributed by atoms with Crippen molar-refractivity contribution in [2.45, 2.75) is 6.54 Å². The molecule has 3 N–H and O–H groups in total. The highest BCUT2D eigenvalue weighted by atomic mass is 19.1. The Morgan fingerprint density at radius 3 is 2.94 bits per heavy atom. The average Bonchev–Trinajstić information content (AvgIpc) is 2.28. The summed E-state index contributed by atoms with van der Waals surface area (Å²) in [7, 11) is 1.84. The van der Waals surface area contributed by atoms with Gasteiger partial charge in [0.05, 0.1) is 0 Å². The Labute approximate surface area is 94.2 Å². The zero-order valence-electron chi connectivity index (χ0n) is 9.23. The van der Waals surface area contributed by atoms with Gasteiger partial charge in [0, 0.05) is 18.7 Å². The number of oxime groups is 1. The van der Waals surface area contributed by atoms with Crippen molar-refractivity contribution >= 4 is 5.84 Å². The number of rotatable bonds is 5. The third kappa shape index (κ3) is 3.51. The van der Waals surface area contributed by atoms with E-state index in [9.17, 15) is 4.39 Å². The molecule has 0 fully saturated rings. The zero-order chi connectivity index (χ0) is 12.0. The van der Waals surface area contributed by atoms with Gasteiger partial charge in [-0.25, -0.2) is 4.39 Å². The fraction of sp³-hybridized carbons (Fsp3) is 0.364. The van der Waals surface area contributed by atoms with Crippen LogP contribution >= 0.6 is 0 Å². The van der Waals surface area contributed by atoms with Crippen molar-refractivity contribution in [3.8, 4) is 0 Å². The van der Waals surface area contributed by atoms with Gasteiger partial charge in [-0.05, 0) is 18.7 Å². The van der Waals surface area contributed by atoms with Crippen molar-refractivity contribution < 1.29 is 9.60 Å². The minimum atomic E-state index is -0.365. The van der Waals surface area contributed by atoms with E-state index in [-0.39, 0.29) is 12.5 Å². The van der Waals surface area contributed by atoms with Crippen LogP contribution < -0.4 is 5.73 Å². The van der Waals surface area contributed by atoms with Crippen molar-refractivity contribution in [1.29, 1.82) is 0 Å². The van der Waals surface area contributed by atoms with Crippen molar-refractivity contribution in [3.05, 3.63) is 35.4 Å². The summed E-state index contributed by atoms with van der Waals surface area (Å²) in [5, 5.41) is 11.5. The minimum Gasteiger partial charge on any atom is -0.409 e. The Morgan fingerprint density at radius 2 is 2.31 bits per heavy atom. The second-order valence-electron chi connectivity index (χ2n) is 3.61. The standard InChI is InChI=1S/C11H16FN3O/c1-15(6-5-12)8-9-3-2-4-10(7-9)11(13)14-16/h2-4,7,16H,5-6,8H2,1H3,(H2,13,14). The summed E-state index contributed by atoms with van der Waals surface area (Å²) in [5.74, 6) is 0.0787. The van der Waals surface area contributed by atoms with Crippen molar-refractivity contribution in [1.82, 2.24) is 4.90 Å². The topological polar surface area (TPSA) is 61.8 Å². The lowest BCUT2D eigenvalue weighted by Gasteiger charge is -2.14. The largest absolute Gasteiger partial charge is 0.409 e. The van der Waals surface area contributed by atoms with Crippen LogP contribution in [0.1, 0.15) is 11.1 Å². The third-order valence-corrected chi connectivity index (χ3v) is 2.25. The van der Waals surface area contributed by atoms with E-state index >= 15 is 0 Å². The van der Waals surface area contributed by atoms with E-state index < -0.39 is 0 Å². The Kier molecular flexibility index (Phi) is 4.72. The zero-order valence-corrected chi connectivity index (χ0v) is 9.23. The monoisotopic (exact) mass is 225 g/mol. The van der Waals surface area contributed by atoms with E-state index in [1.807, 2.05) is 30.1 Å². The number of nitrogens with two attached hydrogens (primary N) is 1. The minimum absolute atomic E-state index is 0.0787. The maximum absolute atomic E-state index is 12.1. The number of alkyl halides is 1. The molecule has 88 valence electrons. The Hall–Kier alpha value is -1.62. The van der Waals surface area contributed by atoms with Crippen LogP contribution in [0.25, 0.3) is 0 Å². The lowest BCUT2D eigenvalue weighted by Crippen LogP contribution is -2.21. The Bertz CT molecular complexity index is 368. The molecule has 0 saturated heterocycles. The molecule has 1 aromatic rings. The molecule has 0 unspecified atom stereocenters. The van der Waals surface area contributed by atoms with E-state index in [2.05, 4.69) is 5.16 Å². The molecule has 0 aliphatic heterocycles. The summed E-state index contributed by atoms with van der Waals surface area (Å²) in [6.07, 6.45) is 0. The van der Waals surface area contributed by atoms with Gasteiger partial charge in [0.25, 0.3) is 0 Å². The summed E-state index contributed by atoms with van der Waals surface area (Å²) in [5.41, 5.74) is 7.14. The van der Waals surface area contributed by atoms with Crippen LogP contribution in [0, 0.1) is 0 Å². The number of hydrogen-bond donors (Lipinski definition) is 2. The first kappa shape index (κ1) is 12.4. The highest BCUT2D eigenvalue weighted by molar-refractivity contribution is 5.97. The fourth-order valence-corrected chi connectivity index (χ4v) is 1.42. The van der Waals surface area contributed by atoms with Gasteiger partial charge in [-0.1, -0.05) is 23.4 Å². The van der Waals surface area contributed by atoms with Gasteiger partial charge in [-0.3, -0.25) is 4.90 Å². The molecule has 0 heterocycles. The molecular formula is C11H16FN3O. The first-order valence-electron chi connectivity index (χ1n) is 4.98. The lowest BCUT2D eigenvalue weighted by molar-refractivity contribution is 0.289. The van der Waals surface area contributed by atoms with E-state index in [0.29, 0.717) is 18.7 Å². The molecule has 0 radical (unpaired) electrons. The van der Waals surface area contributed by atoms with Gasteiger partial charge < -0.3 is 10.9 Å². The highest BCUT2D eigenvalue weighted by Gasteiger charge is 2.03. The van der Waals surface area contributed by atoms with Gasteiger partial charge in [-0.15, -0.1) is 0 Å². The van der Waals surface area contributed by atoms with Crippen LogP contribution in [0.15, 0.2) is 29.4 Å². The molecule has 0 bridgehead atoms. The molecule has 0 amide bonds. The van der Waals surface area contributed by atoms with Crippen LogP contribution in [0.5, 0.6) is 0 Å². The normalized spacial score (nSPS) is 12.1. The summed E-state index contributed by atoms with van der Waals surface area (Å²) in [6, 6.07) is 7.33. The molecule has 0 saturated carbocycles. The Morgan fingerprint density at radius 1 is 1.56 bits per heavy atom. The van der Waals surface area contributed by atoms with Gasteiger partial charge in [0.15, 0.2) is 5.84 Å². The number of hydrogen-bond acceptors (Lipinski definition) is 3. The maximum atomic E-state index is 12.1. The fourth-order valence-electron chi connectivity index (χ4n) is 1.42. The van der Waals surface area contributed by atoms with E-state index in [1.54, 1.807) is 6.07 Å². The lowest BCUT2D eigenvalue weighted by atomic mass is 10.1. The molecule has 0 spiro atoms. The number of nitrogens with zero attached hydrogens (tertiary/aromatic N) is 2. The van der Waals surface area contributed by atoms with Gasteiger partial charge in [-0.2, -0.15) is 0 Å². The van der Waals surface area contributed by atoms with Crippen molar-refractivity contribution in [2.75, 3.05) is 20.3 Å². The highest BCUT2D eigenvalue weighted by Crippen LogP contribution is 2.07. The molecule has 4 nitrogen and oxygen atoms in total. The molecule has 5 heteroatoms. The predicted octanol–water partition coefficient (Wildman–Crippen LogP) is 1.18. The molecule has 0 aromatic heterocycles. The van der Waals surface area contributed by atoms with Gasteiger partial charge in [0.2, 0.25) is 0 Å². The van der Waals surface area contributed by atoms with Crippen molar-refractivity contribution in [3.63, 3.8) is 0 Å². The number of amidine groups is 1. The Balaban J connectivity index is 2.75. The van der Waals surface area contributed by atoms with E-state index in [4.69, 9.17) is 10.9 Å². The van der Waals surface area contributed by atoms with E-state index in [1.165, 1.54) is 0 Å². The average molecular weight is 225 g/mol. The summed E-state index contributed by atoms with van der Waals surface area (Å²) >= 11 is 0. The van der Waals surface area contributed by atoms with Crippen LogP contribution in [-0.2, 0) is 6.54 Å². The summed E-state index contributed by atoms with van der Waals surface area (Å²) in [4.78, 5) is 1.87. The van der Waals surface area contributed by atoms with E-state index in [0.717, 1.165) is 5.56 Å². The second-order valence-corrected chi connectivity index (χ2v) is 3.61. The van der Waals surface area contributed by atoms with Crippen LogP contribution in [-0.4, -0.2) is 36.2 Å². The first-order valence-corrected chi connectivity index (χ1v) is 4.98.